The fourth-order valence-electron chi connectivity index (χ4n) is 2.18. The van der Waals surface area contributed by atoms with E-state index >= 15 is 0 Å². The minimum Gasteiger partial charge on any atom is -0.480 e. The molecule has 0 saturated heterocycles. The molecule has 0 bridgehead atoms. The standard InChI is InChI=1S/C17H12F5NO3/c18-11-5-6-12(13(19)8-11)15(24)23-14(16(25)26)7-9-1-3-10(4-2-9)17(20,21)22/h1-6,8,14H,7H2,(H,23,24)(H,25,26)/t14-/m1/s1. The summed E-state index contributed by atoms with van der Waals surface area (Å²) in [6.07, 6.45) is -4.85. The Bertz CT molecular complexity index is 818. The predicted octanol–water partition coefficient (Wildman–Crippen LogP) is 3.41. The van der Waals surface area contributed by atoms with E-state index in [-0.39, 0.29) is 12.0 Å². The molecule has 0 radical (unpaired) electrons. The van der Waals surface area contributed by atoms with Crippen LogP contribution in [0.3, 0.4) is 0 Å². The number of carboxylic acids is 1. The van der Waals surface area contributed by atoms with E-state index in [4.69, 9.17) is 0 Å². The van der Waals surface area contributed by atoms with E-state index < -0.39 is 46.9 Å². The Hall–Kier alpha value is -2.97. The van der Waals surface area contributed by atoms with Crippen LogP contribution in [-0.4, -0.2) is 23.0 Å². The van der Waals surface area contributed by atoms with Crippen LogP contribution in [-0.2, 0) is 17.4 Å². The molecule has 0 aliphatic rings. The summed E-state index contributed by atoms with van der Waals surface area (Å²) < 4.78 is 64.0. The molecule has 9 heteroatoms. The second-order valence-electron chi connectivity index (χ2n) is 5.39. The highest BCUT2D eigenvalue weighted by atomic mass is 19.4. The summed E-state index contributed by atoms with van der Waals surface area (Å²) in [6, 6.07) is 4.41. The van der Waals surface area contributed by atoms with Crippen molar-refractivity contribution >= 4 is 11.9 Å². The van der Waals surface area contributed by atoms with Crippen molar-refractivity contribution in [2.75, 3.05) is 0 Å². The number of hydrogen-bond donors (Lipinski definition) is 2. The summed E-state index contributed by atoms with van der Waals surface area (Å²) in [5.74, 6) is -4.61. The lowest BCUT2D eigenvalue weighted by molar-refractivity contribution is -0.139. The van der Waals surface area contributed by atoms with E-state index in [1.165, 1.54) is 0 Å². The number of nitrogens with one attached hydrogen (secondary N) is 1. The van der Waals surface area contributed by atoms with Gasteiger partial charge < -0.3 is 10.4 Å². The van der Waals surface area contributed by atoms with Crippen LogP contribution in [0.1, 0.15) is 21.5 Å². The van der Waals surface area contributed by atoms with Crippen LogP contribution in [0.15, 0.2) is 42.5 Å². The first-order valence-corrected chi connectivity index (χ1v) is 7.23. The minimum absolute atomic E-state index is 0.227. The molecule has 0 aliphatic heterocycles. The number of alkyl halides is 3. The molecule has 2 aromatic rings. The van der Waals surface area contributed by atoms with Gasteiger partial charge in [-0.3, -0.25) is 4.79 Å². The molecule has 2 N–H and O–H groups in total. The maximum absolute atomic E-state index is 13.6. The van der Waals surface area contributed by atoms with Crippen molar-refractivity contribution in [2.45, 2.75) is 18.6 Å². The molecule has 138 valence electrons. The number of hydrogen-bond acceptors (Lipinski definition) is 2. The summed E-state index contributed by atoms with van der Waals surface area (Å²) in [5.41, 5.74) is -1.22. The van der Waals surface area contributed by atoms with Crippen molar-refractivity contribution in [1.82, 2.24) is 5.32 Å². The van der Waals surface area contributed by atoms with Gasteiger partial charge in [-0.2, -0.15) is 13.2 Å². The van der Waals surface area contributed by atoms with Gasteiger partial charge in [-0.25, -0.2) is 13.6 Å². The second-order valence-corrected chi connectivity index (χ2v) is 5.39. The Kier molecular flexibility index (Phi) is 5.59. The molecule has 1 atom stereocenters. The molecule has 0 aromatic heterocycles. The molecular formula is C17H12F5NO3. The van der Waals surface area contributed by atoms with Crippen molar-refractivity contribution < 1.29 is 36.6 Å². The first-order chi connectivity index (χ1) is 12.1. The first kappa shape index (κ1) is 19.4. The van der Waals surface area contributed by atoms with Gasteiger partial charge in [0.15, 0.2) is 0 Å². The topological polar surface area (TPSA) is 66.4 Å². The number of carbonyl (C=O) groups is 2. The molecule has 0 unspecified atom stereocenters. The zero-order valence-electron chi connectivity index (χ0n) is 13.0. The van der Waals surface area contributed by atoms with E-state index in [2.05, 4.69) is 5.32 Å². The largest absolute Gasteiger partial charge is 0.480 e. The first-order valence-electron chi connectivity index (χ1n) is 7.23. The van der Waals surface area contributed by atoms with Gasteiger partial charge in [0.1, 0.15) is 17.7 Å². The van der Waals surface area contributed by atoms with Crippen molar-refractivity contribution in [2.24, 2.45) is 0 Å². The molecule has 0 saturated carbocycles. The number of amides is 1. The Morgan fingerprint density at radius 2 is 1.65 bits per heavy atom. The Labute approximate surface area is 144 Å². The number of carbonyl (C=O) groups excluding carboxylic acids is 1. The SMILES string of the molecule is O=C(N[C@H](Cc1ccc(C(F)(F)F)cc1)C(=O)O)c1ccc(F)cc1F. The molecule has 0 spiro atoms. The number of carboxylic acid groups (broad SMARTS) is 1. The van der Waals surface area contributed by atoms with E-state index in [1.807, 2.05) is 0 Å². The van der Waals surface area contributed by atoms with Crippen molar-refractivity contribution in [3.05, 3.63) is 70.8 Å². The lowest BCUT2D eigenvalue weighted by Crippen LogP contribution is -2.42. The molecule has 2 rings (SSSR count). The average Bonchev–Trinajstić information content (AvgIpc) is 2.53. The van der Waals surface area contributed by atoms with Gasteiger partial charge in [-0.1, -0.05) is 12.1 Å². The number of halogens is 5. The van der Waals surface area contributed by atoms with Crippen LogP contribution in [0, 0.1) is 11.6 Å². The van der Waals surface area contributed by atoms with E-state index in [0.29, 0.717) is 6.07 Å². The van der Waals surface area contributed by atoms with E-state index in [1.54, 1.807) is 0 Å². The van der Waals surface area contributed by atoms with Crippen LogP contribution in [0.2, 0.25) is 0 Å². The minimum atomic E-state index is -4.53. The quantitative estimate of drug-likeness (QED) is 0.790. The predicted molar refractivity (Wildman–Crippen MR) is 80.4 cm³/mol. The number of benzene rings is 2. The summed E-state index contributed by atoms with van der Waals surface area (Å²) in [4.78, 5) is 23.3. The van der Waals surface area contributed by atoms with Gasteiger partial charge in [0.25, 0.3) is 5.91 Å². The highest BCUT2D eigenvalue weighted by molar-refractivity contribution is 5.96. The van der Waals surface area contributed by atoms with Gasteiger partial charge in [0.2, 0.25) is 0 Å². The molecule has 0 aliphatic carbocycles. The van der Waals surface area contributed by atoms with Crippen LogP contribution in [0.4, 0.5) is 22.0 Å². The van der Waals surface area contributed by atoms with Crippen LogP contribution in [0.25, 0.3) is 0 Å². The highest BCUT2D eigenvalue weighted by Crippen LogP contribution is 2.29. The van der Waals surface area contributed by atoms with Crippen molar-refractivity contribution in [1.29, 1.82) is 0 Å². The second kappa shape index (κ2) is 7.51. The van der Waals surface area contributed by atoms with E-state index in [9.17, 15) is 36.6 Å². The lowest BCUT2D eigenvalue weighted by atomic mass is 10.0. The van der Waals surface area contributed by atoms with Gasteiger partial charge in [-0.05, 0) is 29.8 Å². The Morgan fingerprint density at radius 3 is 2.15 bits per heavy atom. The normalized spacial score (nSPS) is 12.5. The number of aliphatic carboxylic acids is 1. The fraction of sp³-hybridized carbons (Fsp3) is 0.176. The molecule has 0 fully saturated rings. The van der Waals surface area contributed by atoms with Gasteiger partial charge >= 0.3 is 12.1 Å². The fourth-order valence-corrected chi connectivity index (χ4v) is 2.18. The molecule has 1 amide bonds. The molecular weight excluding hydrogens is 361 g/mol. The van der Waals surface area contributed by atoms with Crippen molar-refractivity contribution in [3.8, 4) is 0 Å². The zero-order valence-corrected chi connectivity index (χ0v) is 13.0. The maximum Gasteiger partial charge on any atom is 0.416 e. The summed E-state index contributed by atoms with van der Waals surface area (Å²) in [7, 11) is 0. The third-order valence-corrected chi connectivity index (χ3v) is 3.50. The molecule has 26 heavy (non-hydrogen) atoms. The average molecular weight is 373 g/mol. The Balaban J connectivity index is 2.14. The van der Waals surface area contributed by atoms with Crippen LogP contribution >= 0.6 is 0 Å². The zero-order chi connectivity index (χ0) is 19.5. The maximum atomic E-state index is 13.6. The third-order valence-electron chi connectivity index (χ3n) is 3.50. The lowest BCUT2D eigenvalue weighted by Gasteiger charge is -2.15. The van der Waals surface area contributed by atoms with E-state index in [0.717, 1.165) is 36.4 Å². The summed E-state index contributed by atoms with van der Waals surface area (Å²) in [5, 5.41) is 11.2. The molecule has 0 heterocycles. The Morgan fingerprint density at radius 1 is 1.04 bits per heavy atom. The molecule has 4 nitrogen and oxygen atoms in total. The van der Waals surface area contributed by atoms with Gasteiger partial charge in [-0.15, -0.1) is 0 Å². The summed E-state index contributed by atoms with van der Waals surface area (Å²) >= 11 is 0. The van der Waals surface area contributed by atoms with Crippen LogP contribution < -0.4 is 5.32 Å². The summed E-state index contributed by atoms with van der Waals surface area (Å²) in [6.45, 7) is 0. The highest BCUT2D eigenvalue weighted by Gasteiger charge is 2.30. The number of rotatable bonds is 5. The van der Waals surface area contributed by atoms with Gasteiger partial charge in [0.05, 0.1) is 11.1 Å². The van der Waals surface area contributed by atoms with Crippen LogP contribution in [0.5, 0.6) is 0 Å². The van der Waals surface area contributed by atoms with Crippen molar-refractivity contribution in [3.63, 3.8) is 0 Å². The van der Waals surface area contributed by atoms with Gasteiger partial charge in [0, 0.05) is 12.5 Å². The monoisotopic (exact) mass is 373 g/mol. The third kappa shape index (κ3) is 4.78. The molecule has 2 aromatic carbocycles. The smallest absolute Gasteiger partial charge is 0.416 e.